The van der Waals surface area contributed by atoms with Gasteiger partial charge in [0, 0.05) is 12.5 Å². The zero-order valence-corrected chi connectivity index (χ0v) is 12.1. The zero-order valence-electron chi connectivity index (χ0n) is 11.4. The number of halogens is 1. The second-order valence-electron chi connectivity index (χ2n) is 5.00. The number of hydrogen-bond acceptors (Lipinski definition) is 4. The fraction of sp³-hybridized carbons (Fsp3) is 0.615. The molecule has 1 atom stereocenters. The summed E-state index contributed by atoms with van der Waals surface area (Å²) < 4.78 is 5.33. The van der Waals surface area contributed by atoms with Crippen LogP contribution >= 0.6 is 11.6 Å². The van der Waals surface area contributed by atoms with Crippen molar-refractivity contribution in [3.8, 4) is 0 Å². The summed E-state index contributed by atoms with van der Waals surface area (Å²) in [6.07, 6.45) is 1.50. The minimum absolute atomic E-state index is 0.0368. The molecule has 0 bridgehead atoms. The molecule has 2 heterocycles. The third kappa shape index (κ3) is 3.04. The predicted octanol–water partition coefficient (Wildman–Crippen LogP) is 2.11. The fourth-order valence-electron chi connectivity index (χ4n) is 1.97. The first-order chi connectivity index (χ1) is 9.00. The smallest absolute Gasteiger partial charge is 0.274 e. The highest BCUT2D eigenvalue weighted by atomic mass is 35.5. The van der Waals surface area contributed by atoms with Crippen molar-refractivity contribution < 1.29 is 9.53 Å². The van der Waals surface area contributed by atoms with Crippen LogP contribution in [-0.2, 0) is 4.74 Å². The predicted molar refractivity (Wildman–Crippen MR) is 72.4 cm³/mol. The molecule has 19 heavy (non-hydrogen) atoms. The van der Waals surface area contributed by atoms with Crippen LogP contribution in [0.25, 0.3) is 0 Å². The van der Waals surface area contributed by atoms with Crippen molar-refractivity contribution in [1.82, 2.24) is 14.9 Å². The van der Waals surface area contributed by atoms with Gasteiger partial charge in [0.1, 0.15) is 5.82 Å². The molecule has 104 valence electrons. The molecule has 0 saturated carbocycles. The Morgan fingerprint density at radius 3 is 2.95 bits per heavy atom. The number of amides is 1. The Balaban J connectivity index is 2.29. The molecule has 1 amide bonds. The number of carbonyl (C=O) groups excluding carboxylic acids is 1. The second kappa shape index (κ2) is 5.84. The van der Waals surface area contributed by atoms with E-state index >= 15 is 0 Å². The average Bonchev–Trinajstić information content (AvgIpc) is 2.38. The maximum Gasteiger partial charge on any atom is 0.274 e. The van der Waals surface area contributed by atoms with Gasteiger partial charge in [-0.3, -0.25) is 4.79 Å². The van der Waals surface area contributed by atoms with E-state index < -0.39 is 0 Å². The average molecular weight is 284 g/mol. The van der Waals surface area contributed by atoms with Crippen molar-refractivity contribution in [3.63, 3.8) is 0 Å². The largest absolute Gasteiger partial charge is 0.377 e. The number of aromatic nitrogens is 2. The Hall–Kier alpha value is -1.20. The van der Waals surface area contributed by atoms with Crippen molar-refractivity contribution in [2.75, 3.05) is 19.8 Å². The van der Waals surface area contributed by atoms with E-state index in [4.69, 9.17) is 16.3 Å². The van der Waals surface area contributed by atoms with E-state index in [0.29, 0.717) is 30.6 Å². The van der Waals surface area contributed by atoms with Crippen molar-refractivity contribution in [3.05, 3.63) is 22.7 Å². The topological polar surface area (TPSA) is 55.3 Å². The molecule has 0 radical (unpaired) electrons. The molecule has 6 heteroatoms. The summed E-state index contributed by atoms with van der Waals surface area (Å²) in [5.41, 5.74) is 0.286. The Kier molecular flexibility index (Phi) is 4.37. The van der Waals surface area contributed by atoms with Gasteiger partial charge in [0.25, 0.3) is 5.91 Å². The number of morpholine rings is 1. The van der Waals surface area contributed by atoms with Crippen LogP contribution in [0, 0.1) is 0 Å². The number of rotatable bonds is 2. The molecule has 0 aromatic carbocycles. The van der Waals surface area contributed by atoms with Crippen LogP contribution in [0.4, 0.5) is 0 Å². The lowest BCUT2D eigenvalue weighted by atomic mass is 10.2. The van der Waals surface area contributed by atoms with Crippen LogP contribution in [-0.4, -0.2) is 46.6 Å². The van der Waals surface area contributed by atoms with Gasteiger partial charge in [-0.15, -0.1) is 0 Å². The first kappa shape index (κ1) is 14.2. The van der Waals surface area contributed by atoms with Crippen LogP contribution in [0.5, 0.6) is 0 Å². The van der Waals surface area contributed by atoms with E-state index in [0.717, 1.165) is 0 Å². The first-order valence-corrected chi connectivity index (χ1v) is 6.79. The number of ether oxygens (including phenoxy) is 1. The van der Waals surface area contributed by atoms with Gasteiger partial charge >= 0.3 is 0 Å². The fourth-order valence-corrected chi connectivity index (χ4v) is 2.15. The summed E-state index contributed by atoms with van der Waals surface area (Å²) in [7, 11) is 0. The normalized spacial score (nSPS) is 19.8. The molecule has 0 spiro atoms. The zero-order chi connectivity index (χ0) is 14.0. The van der Waals surface area contributed by atoms with E-state index in [1.54, 1.807) is 4.90 Å². The van der Waals surface area contributed by atoms with Gasteiger partial charge in [-0.2, -0.15) is 0 Å². The van der Waals surface area contributed by atoms with Gasteiger partial charge in [0.05, 0.1) is 30.5 Å². The van der Waals surface area contributed by atoms with Gasteiger partial charge in [-0.05, 0) is 6.92 Å². The quantitative estimate of drug-likeness (QED) is 0.834. The van der Waals surface area contributed by atoms with E-state index in [9.17, 15) is 4.79 Å². The Morgan fingerprint density at radius 1 is 1.58 bits per heavy atom. The summed E-state index contributed by atoms with van der Waals surface area (Å²) in [5, 5.41) is 0.299. The molecule has 1 unspecified atom stereocenters. The summed E-state index contributed by atoms with van der Waals surface area (Å²) in [6, 6.07) is 0.0368. The van der Waals surface area contributed by atoms with Crippen molar-refractivity contribution in [2.24, 2.45) is 0 Å². The van der Waals surface area contributed by atoms with Gasteiger partial charge in [0.15, 0.2) is 5.69 Å². The molecule has 1 aliphatic heterocycles. The van der Waals surface area contributed by atoms with Crippen molar-refractivity contribution >= 4 is 17.5 Å². The summed E-state index contributed by atoms with van der Waals surface area (Å²) in [4.78, 5) is 22.7. The monoisotopic (exact) mass is 283 g/mol. The minimum Gasteiger partial charge on any atom is -0.377 e. The lowest BCUT2D eigenvalue weighted by Gasteiger charge is -2.33. The molecule has 0 aliphatic carbocycles. The lowest BCUT2D eigenvalue weighted by molar-refractivity contribution is 0.00325. The van der Waals surface area contributed by atoms with Crippen LogP contribution in [0.1, 0.15) is 43.0 Å². The van der Waals surface area contributed by atoms with Gasteiger partial charge in [0.2, 0.25) is 0 Å². The van der Waals surface area contributed by atoms with Crippen LogP contribution in [0.15, 0.2) is 6.20 Å². The first-order valence-electron chi connectivity index (χ1n) is 6.42. The number of hydrogen-bond donors (Lipinski definition) is 0. The Labute approximate surface area is 117 Å². The standard InChI is InChI=1S/C13H18ClN3O2/c1-8(2)12-15-6-10(14)11(16-12)13(18)17-4-5-19-7-9(17)3/h6,8-9H,4-5,7H2,1-3H3. The highest BCUT2D eigenvalue weighted by Crippen LogP contribution is 2.19. The molecule has 1 saturated heterocycles. The molecule has 1 aromatic heterocycles. The molecule has 1 aromatic rings. The van der Waals surface area contributed by atoms with Crippen molar-refractivity contribution in [2.45, 2.75) is 32.7 Å². The third-order valence-electron chi connectivity index (χ3n) is 3.11. The molecule has 1 aliphatic rings. The van der Waals surface area contributed by atoms with E-state index in [2.05, 4.69) is 9.97 Å². The van der Waals surface area contributed by atoms with Gasteiger partial charge < -0.3 is 9.64 Å². The highest BCUT2D eigenvalue weighted by molar-refractivity contribution is 6.33. The second-order valence-corrected chi connectivity index (χ2v) is 5.41. The summed E-state index contributed by atoms with van der Waals surface area (Å²) in [6.45, 7) is 7.58. The molecular weight excluding hydrogens is 266 g/mol. The molecule has 0 N–H and O–H groups in total. The third-order valence-corrected chi connectivity index (χ3v) is 3.39. The van der Waals surface area contributed by atoms with E-state index in [1.165, 1.54) is 6.20 Å². The Morgan fingerprint density at radius 2 is 2.32 bits per heavy atom. The van der Waals surface area contributed by atoms with Crippen LogP contribution in [0.2, 0.25) is 5.02 Å². The molecular formula is C13H18ClN3O2. The maximum absolute atomic E-state index is 12.5. The summed E-state index contributed by atoms with van der Waals surface area (Å²) in [5.74, 6) is 0.643. The van der Waals surface area contributed by atoms with Crippen molar-refractivity contribution in [1.29, 1.82) is 0 Å². The number of carbonyl (C=O) groups is 1. The number of nitrogens with zero attached hydrogens (tertiary/aromatic N) is 3. The van der Waals surface area contributed by atoms with Crippen LogP contribution < -0.4 is 0 Å². The van der Waals surface area contributed by atoms with E-state index in [-0.39, 0.29) is 23.6 Å². The maximum atomic E-state index is 12.5. The summed E-state index contributed by atoms with van der Waals surface area (Å²) >= 11 is 6.06. The minimum atomic E-state index is -0.148. The molecule has 1 fully saturated rings. The van der Waals surface area contributed by atoms with Crippen LogP contribution in [0.3, 0.4) is 0 Å². The van der Waals surface area contributed by atoms with Gasteiger partial charge in [-0.25, -0.2) is 9.97 Å². The lowest BCUT2D eigenvalue weighted by Crippen LogP contribution is -2.47. The highest BCUT2D eigenvalue weighted by Gasteiger charge is 2.27. The Bertz CT molecular complexity index is 479. The molecule has 2 rings (SSSR count). The molecule has 5 nitrogen and oxygen atoms in total. The van der Waals surface area contributed by atoms with E-state index in [1.807, 2.05) is 20.8 Å². The SMILES string of the molecule is CC(C)c1ncc(Cl)c(C(=O)N2CCOCC2C)n1. The van der Waals surface area contributed by atoms with Gasteiger partial charge in [-0.1, -0.05) is 25.4 Å².